The second-order valence-corrected chi connectivity index (χ2v) is 9.08. The van der Waals surface area contributed by atoms with Gasteiger partial charge in [-0.15, -0.1) is 0 Å². The number of carbonyl (C=O) groups is 2. The predicted octanol–water partition coefficient (Wildman–Crippen LogP) is 5.71. The summed E-state index contributed by atoms with van der Waals surface area (Å²) in [6, 6.07) is 3.12. The molecule has 0 amide bonds. The zero-order chi connectivity index (χ0) is 22.0. The van der Waals surface area contributed by atoms with Gasteiger partial charge in [-0.3, -0.25) is 0 Å². The largest absolute Gasteiger partial charge is 0.465 e. The lowest BCUT2D eigenvalue weighted by atomic mass is 10.1. The highest BCUT2D eigenvalue weighted by Gasteiger charge is 2.30. The van der Waals surface area contributed by atoms with Gasteiger partial charge in [0.25, 0.3) is 0 Å². The monoisotopic (exact) mass is 562 g/mol. The van der Waals surface area contributed by atoms with Crippen LogP contribution in [0.2, 0.25) is 10.3 Å². The van der Waals surface area contributed by atoms with Crippen molar-refractivity contribution in [3.8, 4) is 0 Å². The molecule has 2 saturated carbocycles. The number of ether oxygens (including phenoxy) is 2. The smallest absolute Gasteiger partial charge is 0.339 e. The molecule has 0 unspecified atom stereocenters. The Morgan fingerprint density at radius 2 is 1.33 bits per heavy atom. The zero-order valence-corrected chi connectivity index (χ0v) is 20.5. The van der Waals surface area contributed by atoms with E-state index in [1.54, 1.807) is 12.1 Å². The first-order valence-electron chi connectivity index (χ1n) is 9.46. The molecule has 0 N–H and O–H groups in total. The van der Waals surface area contributed by atoms with Crippen molar-refractivity contribution < 1.29 is 19.1 Å². The number of halogens is 3. The quantitative estimate of drug-likeness (QED) is 0.270. The Hall–Kier alpha value is -1.45. The van der Waals surface area contributed by atoms with Gasteiger partial charge in [-0.1, -0.05) is 23.2 Å². The van der Waals surface area contributed by atoms with E-state index in [1.165, 1.54) is 14.2 Å². The van der Waals surface area contributed by atoms with E-state index >= 15 is 0 Å². The molecule has 9 heteroatoms. The maximum Gasteiger partial charge on any atom is 0.339 e. The highest BCUT2D eigenvalue weighted by atomic mass is 127. The van der Waals surface area contributed by atoms with Gasteiger partial charge in [0.1, 0.15) is 10.3 Å². The fourth-order valence-electron chi connectivity index (χ4n) is 3.08. The maximum absolute atomic E-state index is 11.5. The minimum Gasteiger partial charge on any atom is -0.465 e. The molecule has 30 heavy (non-hydrogen) atoms. The first-order valence-corrected chi connectivity index (χ1v) is 11.3. The number of esters is 2. The van der Waals surface area contributed by atoms with Crippen LogP contribution < -0.4 is 0 Å². The Labute approximate surface area is 198 Å². The van der Waals surface area contributed by atoms with E-state index in [-0.39, 0.29) is 11.9 Å². The van der Waals surface area contributed by atoms with Gasteiger partial charge in [-0.05, 0) is 72.9 Å². The Morgan fingerprint density at radius 3 is 1.83 bits per heavy atom. The molecule has 0 aliphatic heterocycles. The lowest BCUT2D eigenvalue weighted by Gasteiger charge is -2.08. The van der Waals surface area contributed by atoms with Crippen LogP contribution in [0, 0.1) is 10.5 Å². The van der Waals surface area contributed by atoms with Crippen molar-refractivity contribution in [2.45, 2.75) is 44.4 Å². The molecule has 2 aromatic rings. The average Bonchev–Trinajstić information content (AvgIpc) is 3.63. The van der Waals surface area contributed by atoms with E-state index in [9.17, 15) is 9.59 Å². The van der Waals surface area contributed by atoms with Crippen molar-refractivity contribution in [1.82, 2.24) is 9.97 Å². The number of hydrogen-bond donors (Lipinski definition) is 0. The summed E-state index contributed by atoms with van der Waals surface area (Å²) in [5.74, 6) is 0.246. The van der Waals surface area contributed by atoms with Gasteiger partial charge in [0.15, 0.2) is 0 Å². The molecular weight excluding hydrogens is 542 g/mol. The van der Waals surface area contributed by atoms with Gasteiger partial charge < -0.3 is 9.47 Å². The Kier molecular flexibility index (Phi) is 7.57. The molecule has 0 radical (unpaired) electrons. The van der Waals surface area contributed by atoms with Gasteiger partial charge in [0.05, 0.1) is 31.0 Å². The highest BCUT2D eigenvalue weighted by Crippen LogP contribution is 2.42. The van der Waals surface area contributed by atoms with Crippen molar-refractivity contribution in [1.29, 1.82) is 0 Å². The number of methoxy groups -OCH3 is 2. The first-order chi connectivity index (χ1) is 14.3. The van der Waals surface area contributed by atoms with Crippen LogP contribution in [0.5, 0.6) is 0 Å². The van der Waals surface area contributed by atoms with E-state index in [0.717, 1.165) is 46.2 Å². The second kappa shape index (κ2) is 9.78. The van der Waals surface area contributed by atoms with Gasteiger partial charge in [-0.25, -0.2) is 19.6 Å². The van der Waals surface area contributed by atoms with Gasteiger partial charge in [0.2, 0.25) is 0 Å². The van der Waals surface area contributed by atoms with Crippen LogP contribution >= 0.6 is 45.8 Å². The van der Waals surface area contributed by atoms with Crippen molar-refractivity contribution in [3.05, 3.63) is 54.1 Å². The van der Waals surface area contributed by atoms with Crippen molar-refractivity contribution >= 4 is 57.7 Å². The number of hydrogen-bond acceptors (Lipinski definition) is 6. The third-order valence-electron chi connectivity index (χ3n) is 4.97. The molecule has 0 saturated heterocycles. The molecule has 2 aliphatic rings. The molecule has 160 valence electrons. The fourth-order valence-corrected chi connectivity index (χ4v) is 4.41. The van der Waals surface area contributed by atoms with E-state index in [2.05, 4.69) is 32.6 Å². The highest BCUT2D eigenvalue weighted by molar-refractivity contribution is 14.1. The van der Waals surface area contributed by atoms with Gasteiger partial charge in [0, 0.05) is 21.1 Å². The van der Waals surface area contributed by atoms with Crippen LogP contribution in [0.4, 0.5) is 0 Å². The molecule has 2 aliphatic carbocycles. The third-order valence-corrected chi connectivity index (χ3v) is 6.49. The summed E-state index contributed by atoms with van der Waals surface area (Å²) in [4.78, 5) is 31.5. The molecule has 2 fully saturated rings. The second-order valence-electron chi connectivity index (χ2n) is 7.23. The maximum atomic E-state index is 11.5. The minimum absolute atomic E-state index is 0.348. The lowest BCUT2D eigenvalue weighted by Crippen LogP contribution is -2.07. The number of pyridine rings is 2. The van der Waals surface area contributed by atoms with Crippen LogP contribution in [-0.4, -0.2) is 36.1 Å². The summed E-state index contributed by atoms with van der Waals surface area (Å²) in [5.41, 5.74) is 3.82. The molecule has 4 rings (SSSR count). The fraction of sp³-hybridized carbons (Fsp3) is 0.429. The van der Waals surface area contributed by atoms with Gasteiger partial charge in [-0.2, -0.15) is 0 Å². The average molecular weight is 563 g/mol. The summed E-state index contributed by atoms with van der Waals surface area (Å²) < 4.78 is 10.3. The van der Waals surface area contributed by atoms with Crippen LogP contribution in [0.1, 0.15) is 75.2 Å². The standard InChI is InChI=1S/C11H12ClNO2.C10H9ClINO2/c1-6-8(11(14)15-2)5-9(12)13-10(6)7-3-4-7;1-15-10(14)6-4-7(11)13-9(8(6)12)5-2-3-5/h5,7H,3-4H2,1-2H3;4-5H,2-3H2,1H3. The Morgan fingerprint density at radius 1 is 0.900 bits per heavy atom. The summed E-state index contributed by atoms with van der Waals surface area (Å²) in [6.45, 7) is 1.89. The molecule has 0 aromatic carbocycles. The summed E-state index contributed by atoms with van der Waals surface area (Å²) >= 11 is 13.9. The molecule has 2 heterocycles. The minimum atomic E-state index is -0.356. The van der Waals surface area contributed by atoms with Crippen molar-refractivity contribution in [2.24, 2.45) is 0 Å². The number of carbonyl (C=O) groups excluding carboxylic acids is 2. The van der Waals surface area contributed by atoms with E-state index in [1.807, 2.05) is 6.92 Å². The molecule has 0 atom stereocenters. The zero-order valence-electron chi connectivity index (χ0n) is 16.8. The Bertz CT molecular complexity index is 912. The number of rotatable bonds is 4. The van der Waals surface area contributed by atoms with E-state index in [4.69, 9.17) is 32.7 Å². The lowest BCUT2D eigenvalue weighted by molar-refractivity contribution is 0.0590. The van der Waals surface area contributed by atoms with Gasteiger partial charge >= 0.3 is 11.9 Å². The topological polar surface area (TPSA) is 78.4 Å². The van der Waals surface area contributed by atoms with E-state index < -0.39 is 0 Å². The van der Waals surface area contributed by atoms with E-state index in [0.29, 0.717) is 33.3 Å². The van der Waals surface area contributed by atoms with Crippen molar-refractivity contribution in [2.75, 3.05) is 14.2 Å². The normalized spacial score (nSPS) is 15.1. The third kappa shape index (κ3) is 5.42. The molecule has 2 aromatic heterocycles. The molecular formula is C21H21Cl2IN2O4. The number of nitrogens with zero attached hydrogens (tertiary/aromatic N) is 2. The number of aromatic nitrogens is 2. The van der Waals surface area contributed by atoms with Crippen LogP contribution in [-0.2, 0) is 9.47 Å². The van der Waals surface area contributed by atoms with Crippen molar-refractivity contribution in [3.63, 3.8) is 0 Å². The molecule has 0 bridgehead atoms. The molecule has 0 spiro atoms. The van der Waals surface area contributed by atoms with Crippen LogP contribution in [0.15, 0.2) is 12.1 Å². The molecule has 6 nitrogen and oxygen atoms in total. The first kappa shape index (κ1) is 23.2. The summed E-state index contributed by atoms with van der Waals surface area (Å²) in [6.07, 6.45) is 4.53. The van der Waals surface area contributed by atoms with Crippen LogP contribution in [0.3, 0.4) is 0 Å². The predicted molar refractivity (Wildman–Crippen MR) is 123 cm³/mol. The summed E-state index contributed by atoms with van der Waals surface area (Å²) in [7, 11) is 2.73. The van der Waals surface area contributed by atoms with Crippen LogP contribution in [0.25, 0.3) is 0 Å². The summed E-state index contributed by atoms with van der Waals surface area (Å²) in [5, 5.41) is 0.723. The SMILES string of the molecule is COC(=O)c1cc(Cl)nc(C2CC2)c1C.COC(=O)c1cc(Cl)nc(C2CC2)c1I. The Balaban J connectivity index is 0.000000171.